The summed E-state index contributed by atoms with van der Waals surface area (Å²) in [5, 5.41) is 12.7. The zero-order valence-corrected chi connectivity index (χ0v) is 16.1. The summed E-state index contributed by atoms with van der Waals surface area (Å²) >= 11 is 0. The number of hydrogen-bond donors (Lipinski definition) is 1. The summed E-state index contributed by atoms with van der Waals surface area (Å²) in [6.45, 7) is 4.26. The van der Waals surface area contributed by atoms with E-state index in [1.807, 2.05) is 25.2 Å². The van der Waals surface area contributed by atoms with E-state index in [9.17, 15) is 4.79 Å². The van der Waals surface area contributed by atoms with E-state index < -0.39 is 0 Å². The number of carbonyl (C=O) groups excluding carboxylic acids is 1. The summed E-state index contributed by atoms with van der Waals surface area (Å²) in [5.74, 6) is 0.0480. The first-order chi connectivity index (χ1) is 13.0. The van der Waals surface area contributed by atoms with Gasteiger partial charge < -0.3 is 9.88 Å². The molecule has 1 aromatic heterocycles. The van der Waals surface area contributed by atoms with Crippen molar-refractivity contribution in [1.29, 1.82) is 5.26 Å². The molecule has 0 saturated carbocycles. The standard InChI is InChI=1S/C23H25N3O/c1-16(2)13-21(23(27)25-11-10-24)19-6-4-5-17(14-19)18-7-8-22-20(15-18)9-12-26(22)3/h4-9,12,14-16,21H,11,13H2,1-3H3,(H,25,27). The molecule has 27 heavy (non-hydrogen) atoms. The molecule has 138 valence electrons. The molecule has 1 unspecified atom stereocenters. The number of carbonyl (C=O) groups is 1. The van der Waals surface area contributed by atoms with Crippen molar-refractivity contribution in [3.8, 4) is 17.2 Å². The Bertz CT molecular complexity index is 994. The van der Waals surface area contributed by atoms with Gasteiger partial charge in [0.1, 0.15) is 6.54 Å². The summed E-state index contributed by atoms with van der Waals surface area (Å²) in [7, 11) is 2.04. The zero-order chi connectivity index (χ0) is 19.4. The Morgan fingerprint density at radius 1 is 1.15 bits per heavy atom. The van der Waals surface area contributed by atoms with E-state index in [0.29, 0.717) is 5.92 Å². The Balaban J connectivity index is 1.95. The second kappa shape index (κ2) is 8.09. The van der Waals surface area contributed by atoms with Crippen molar-refractivity contribution in [1.82, 2.24) is 9.88 Å². The maximum atomic E-state index is 12.6. The van der Waals surface area contributed by atoms with Crippen LogP contribution in [0.15, 0.2) is 54.7 Å². The van der Waals surface area contributed by atoms with Gasteiger partial charge in [0.05, 0.1) is 12.0 Å². The number of hydrogen-bond acceptors (Lipinski definition) is 2. The van der Waals surface area contributed by atoms with Gasteiger partial charge in [0.15, 0.2) is 0 Å². The Morgan fingerprint density at radius 3 is 2.67 bits per heavy atom. The van der Waals surface area contributed by atoms with Crippen molar-refractivity contribution >= 4 is 16.8 Å². The lowest BCUT2D eigenvalue weighted by Gasteiger charge is -2.19. The SMILES string of the molecule is CC(C)CC(C(=O)NCC#N)c1cccc(-c2ccc3c(ccn3C)c2)c1. The first-order valence-electron chi connectivity index (χ1n) is 9.29. The summed E-state index contributed by atoms with van der Waals surface area (Å²) in [5.41, 5.74) is 4.42. The van der Waals surface area contributed by atoms with Gasteiger partial charge in [0.2, 0.25) is 5.91 Å². The Labute approximate surface area is 160 Å². The fourth-order valence-corrected chi connectivity index (χ4v) is 3.51. The van der Waals surface area contributed by atoms with Crippen LogP contribution in [0.5, 0.6) is 0 Å². The lowest BCUT2D eigenvalue weighted by atomic mass is 9.88. The molecule has 0 bridgehead atoms. The highest BCUT2D eigenvalue weighted by Gasteiger charge is 2.22. The van der Waals surface area contributed by atoms with Crippen LogP contribution in [0.1, 0.15) is 31.7 Å². The summed E-state index contributed by atoms with van der Waals surface area (Å²) in [6.07, 6.45) is 2.81. The summed E-state index contributed by atoms with van der Waals surface area (Å²) < 4.78 is 2.10. The van der Waals surface area contributed by atoms with E-state index in [4.69, 9.17) is 5.26 Å². The highest BCUT2D eigenvalue weighted by molar-refractivity contribution is 5.87. The van der Waals surface area contributed by atoms with Gasteiger partial charge in [-0.05, 0) is 47.2 Å². The topological polar surface area (TPSA) is 57.8 Å². The molecule has 2 aromatic carbocycles. The number of aryl methyl sites for hydroxylation is 1. The first kappa shape index (κ1) is 18.7. The third kappa shape index (κ3) is 4.20. The molecule has 1 N–H and O–H groups in total. The predicted molar refractivity (Wildman–Crippen MR) is 109 cm³/mol. The van der Waals surface area contributed by atoms with E-state index in [1.54, 1.807) is 0 Å². The quantitative estimate of drug-likeness (QED) is 0.653. The van der Waals surface area contributed by atoms with E-state index in [-0.39, 0.29) is 18.4 Å². The maximum Gasteiger partial charge on any atom is 0.228 e. The van der Waals surface area contributed by atoms with Gasteiger partial charge in [-0.3, -0.25) is 4.79 Å². The highest BCUT2D eigenvalue weighted by atomic mass is 16.1. The summed E-state index contributed by atoms with van der Waals surface area (Å²) in [4.78, 5) is 12.6. The molecule has 0 aliphatic carbocycles. The molecule has 3 aromatic rings. The van der Waals surface area contributed by atoms with Gasteiger partial charge in [-0.25, -0.2) is 0 Å². The fraction of sp³-hybridized carbons (Fsp3) is 0.304. The molecule has 0 aliphatic rings. The number of nitrogens with zero attached hydrogens (tertiary/aromatic N) is 2. The molecule has 0 aliphatic heterocycles. The largest absolute Gasteiger partial charge is 0.351 e. The van der Waals surface area contributed by atoms with E-state index in [0.717, 1.165) is 23.1 Å². The van der Waals surface area contributed by atoms with Crippen LogP contribution >= 0.6 is 0 Å². The van der Waals surface area contributed by atoms with Crippen LogP contribution in [0.4, 0.5) is 0 Å². The fourth-order valence-electron chi connectivity index (χ4n) is 3.51. The van der Waals surface area contributed by atoms with Gasteiger partial charge in [-0.1, -0.05) is 44.2 Å². The normalized spacial score (nSPS) is 12.1. The Hall–Kier alpha value is -3.06. The van der Waals surface area contributed by atoms with E-state index >= 15 is 0 Å². The van der Waals surface area contributed by atoms with E-state index in [1.165, 1.54) is 10.9 Å². The van der Waals surface area contributed by atoms with Gasteiger partial charge in [0.25, 0.3) is 0 Å². The summed E-state index contributed by atoms with van der Waals surface area (Å²) in [6, 6.07) is 18.7. The van der Waals surface area contributed by atoms with Gasteiger partial charge in [-0.15, -0.1) is 0 Å². The van der Waals surface area contributed by atoms with Crippen molar-refractivity contribution < 1.29 is 4.79 Å². The molecule has 1 amide bonds. The molecule has 0 saturated heterocycles. The molecule has 4 heteroatoms. The van der Waals surface area contributed by atoms with Crippen LogP contribution in [0.2, 0.25) is 0 Å². The van der Waals surface area contributed by atoms with Gasteiger partial charge >= 0.3 is 0 Å². The number of fused-ring (bicyclic) bond motifs is 1. The number of amides is 1. The molecule has 0 fully saturated rings. The number of nitrogens with one attached hydrogen (secondary N) is 1. The average Bonchev–Trinajstić information content (AvgIpc) is 3.04. The monoisotopic (exact) mass is 359 g/mol. The van der Waals surface area contributed by atoms with Gasteiger partial charge in [-0.2, -0.15) is 5.26 Å². The molecule has 4 nitrogen and oxygen atoms in total. The van der Waals surface area contributed by atoms with Crippen molar-refractivity contribution in [2.75, 3.05) is 6.54 Å². The van der Waals surface area contributed by atoms with Crippen molar-refractivity contribution in [2.24, 2.45) is 13.0 Å². The molecule has 3 rings (SSSR count). The lowest BCUT2D eigenvalue weighted by Crippen LogP contribution is -2.30. The Kier molecular flexibility index (Phi) is 5.61. The number of aromatic nitrogens is 1. The minimum Gasteiger partial charge on any atom is -0.351 e. The number of nitriles is 1. The minimum absolute atomic E-state index is 0.0395. The van der Waals surface area contributed by atoms with Gasteiger partial charge in [0, 0.05) is 24.1 Å². The second-order valence-corrected chi connectivity index (χ2v) is 7.38. The Morgan fingerprint density at radius 2 is 1.93 bits per heavy atom. The predicted octanol–water partition coefficient (Wildman–Crippen LogP) is 4.61. The number of rotatable bonds is 6. The zero-order valence-electron chi connectivity index (χ0n) is 16.1. The lowest BCUT2D eigenvalue weighted by molar-refractivity contribution is -0.122. The van der Waals surface area contributed by atoms with Crippen LogP contribution < -0.4 is 5.32 Å². The van der Waals surface area contributed by atoms with E-state index in [2.05, 4.69) is 66.3 Å². The number of benzene rings is 2. The van der Waals surface area contributed by atoms with Crippen molar-refractivity contribution in [2.45, 2.75) is 26.2 Å². The maximum absolute atomic E-state index is 12.6. The molecular formula is C23H25N3O. The average molecular weight is 359 g/mol. The van der Waals surface area contributed by atoms with Crippen molar-refractivity contribution in [3.05, 3.63) is 60.3 Å². The molecule has 0 radical (unpaired) electrons. The third-order valence-corrected chi connectivity index (χ3v) is 4.87. The van der Waals surface area contributed by atoms with Crippen LogP contribution in [0.25, 0.3) is 22.0 Å². The third-order valence-electron chi connectivity index (χ3n) is 4.87. The van der Waals surface area contributed by atoms with Crippen LogP contribution in [-0.2, 0) is 11.8 Å². The second-order valence-electron chi connectivity index (χ2n) is 7.38. The molecule has 1 heterocycles. The molecular weight excluding hydrogens is 334 g/mol. The van der Waals surface area contributed by atoms with Crippen LogP contribution in [-0.4, -0.2) is 17.0 Å². The smallest absolute Gasteiger partial charge is 0.228 e. The molecule has 0 spiro atoms. The van der Waals surface area contributed by atoms with Crippen LogP contribution in [0.3, 0.4) is 0 Å². The van der Waals surface area contributed by atoms with Crippen molar-refractivity contribution in [3.63, 3.8) is 0 Å². The first-order valence-corrected chi connectivity index (χ1v) is 9.29. The van der Waals surface area contributed by atoms with Crippen LogP contribution in [0, 0.1) is 17.2 Å². The minimum atomic E-state index is -0.251. The highest BCUT2D eigenvalue weighted by Crippen LogP contribution is 2.30. The molecule has 1 atom stereocenters.